The zero-order valence-electron chi connectivity index (χ0n) is 11.3. The number of ketones is 1. The molecule has 0 spiro atoms. The van der Waals surface area contributed by atoms with Crippen LogP contribution >= 0.6 is 0 Å². The molecule has 0 saturated carbocycles. The first-order valence-corrected chi connectivity index (χ1v) is 5.91. The van der Waals surface area contributed by atoms with Crippen molar-refractivity contribution in [3.05, 3.63) is 28.8 Å². The van der Waals surface area contributed by atoms with E-state index in [0.29, 0.717) is 11.3 Å². The van der Waals surface area contributed by atoms with Crippen LogP contribution in [-0.4, -0.2) is 26.0 Å². The summed E-state index contributed by atoms with van der Waals surface area (Å²) in [5.41, 5.74) is 2.91. The van der Waals surface area contributed by atoms with Gasteiger partial charge in [0.2, 0.25) is 0 Å². The van der Waals surface area contributed by atoms with Gasteiger partial charge in [0.1, 0.15) is 5.75 Å². The van der Waals surface area contributed by atoms with Crippen molar-refractivity contribution in [1.82, 2.24) is 5.32 Å². The molecule has 3 nitrogen and oxygen atoms in total. The van der Waals surface area contributed by atoms with Gasteiger partial charge >= 0.3 is 0 Å². The number of benzene rings is 1. The number of Topliss-reactive ketones (excluding diaryl/α,β-unsaturated/α-hetero) is 1. The highest BCUT2D eigenvalue weighted by Gasteiger charge is 2.20. The standard InChI is InChI=1S/C14H21NO2/c1-6-12(15-4)14(16)11-7-9(2)10(3)8-13(11)17-5/h7-8,12,15H,6H2,1-5H3. The van der Waals surface area contributed by atoms with Crippen LogP contribution < -0.4 is 10.1 Å². The van der Waals surface area contributed by atoms with E-state index in [0.717, 1.165) is 17.5 Å². The number of rotatable bonds is 5. The molecule has 1 unspecified atom stereocenters. The van der Waals surface area contributed by atoms with Gasteiger partial charge in [-0.05, 0) is 50.6 Å². The fraction of sp³-hybridized carbons (Fsp3) is 0.500. The van der Waals surface area contributed by atoms with Crippen molar-refractivity contribution >= 4 is 5.78 Å². The van der Waals surface area contributed by atoms with Crippen molar-refractivity contribution in [2.75, 3.05) is 14.2 Å². The van der Waals surface area contributed by atoms with E-state index in [9.17, 15) is 4.79 Å². The highest BCUT2D eigenvalue weighted by Crippen LogP contribution is 2.24. The van der Waals surface area contributed by atoms with Crippen LogP contribution in [-0.2, 0) is 0 Å². The smallest absolute Gasteiger partial charge is 0.183 e. The zero-order valence-corrected chi connectivity index (χ0v) is 11.3. The van der Waals surface area contributed by atoms with E-state index in [-0.39, 0.29) is 11.8 Å². The Morgan fingerprint density at radius 3 is 2.41 bits per heavy atom. The highest BCUT2D eigenvalue weighted by atomic mass is 16.5. The minimum absolute atomic E-state index is 0.0925. The Hall–Kier alpha value is -1.35. The van der Waals surface area contributed by atoms with Crippen molar-refractivity contribution in [1.29, 1.82) is 0 Å². The van der Waals surface area contributed by atoms with Gasteiger partial charge in [0.25, 0.3) is 0 Å². The number of methoxy groups -OCH3 is 1. The molecule has 0 heterocycles. The van der Waals surface area contributed by atoms with Crippen molar-refractivity contribution in [3.63, 3.8) is 0 Å². The molecule has 0 fully saturated rings. The average Bonchev–Trinajstić information content (AvgIpc) is 2.33. The summed E-state index contributed by atoms with van der Waals surface area (Å²) in [5.74, 6) is 0.752. The van der Waals surface area contributed by atoms with E-state index in [2.05, 4.69) is 5.32 Å². The summed E-state index contributed by atoms with van der Waals surface area (Å²) in [7, 11) is 3.40. The Kier molecular flexibility index (Phi) is 4.70. The minimum atomic E-state index is -0.147. The Morgan fingerprint density at radius 1 is 1.35 bits per heavy atom. The Bertz CT molecular complexity index is 409. The number of carbonyl (C=O) groups is 1. The molecule has 0 bridgehead atoms. The molecule has 1 N–H and O–H groups in total. The van der Waals surface area contributed by atoms with Crippen LogP contribution in [0.4, 0.5) is 0 Å². The van der Waals surface area contributed by atoms with Crippen LogP contribution in [0.1, 0.15) is 34.8 Å². The molecule has 1 aromatic carbocycles. The number of aryl methyl sites for hydroxylation is 2. The number of hydrogen-bond donors (Lipinski definition) is 1. The predicted octanol–water partition coefficient (Wildman–Crippen LogP) is 2.49. The molecule has 0 saturated heterocycles. The monoisotopic (exact) mass is 235 g/mol. The highest BCUT2D eigenvalue weighted by molar-refractivity contribution is 6.02. The first kappa shape index (κ1) is 13.7. The summed E-state index contributed by atoms with van der Waals surface area (Å²) in [4.78, 5) is 12.3. The van der Waals surface area contributed by atoms with Crippen molar-refractivity contribution in [3.8, 4) is 5.75 Å². The Balaban J connectivity index is 3.20. The van der Waals surface area contributed by atoms with Gasteiger partial charge in [-0.15, -0.1) is 0 Å². The summed E-state index contributed by atoms with van der Waals surface area (Å²) in [6.07, 6.45) is 0.769. The van der Waals surface area contributed by atoms with Gasteiger partial charge in [-0.1, -0.05) is 6.92 Å². The molecule has 0 aliphatic rings. The second kappa shape index (κ2) is 5.82. The van der Waals surface area contributed by atoms with Gasteiger partial charge in [0.05, 0.1) is 18.7 Å². The topological polar surface area (TPSA) is 38.3 Å². The maximum atomic E-state index is 12.3. The van der Waals surface area contributed by atoms with E-state index in [4.69, 9.17) is 4.74 Å². The molecular weight excluding hydrogens is 214 g/mol. The SMILES string of the molecule is CCC(NC)C(=O)c1cc(C)c(C)cc1OC. The number of ether oxygens (including phenoxy) is 1. The summed E-state index contributed by atoms with van der Waals surface area (Å²) >= 11 is 0. The Labute approximate surface area is 103 Å². The second-order valence-electron chi connectivity index (χ2n) is 4.25. The molecule has 0 aliphatic carbocycles. The third kappa shape index (κ3) is 2.86. The lowest BCUT2D eigenvalue weighted by atomic mass is 9.97. The van der Waals surface area contributed by atoms with E-state index >= 15 is 0 Å². The Morgan fingerprint density at radius 2 is 1.94 bits per heavy atom. The fourth-order valence-electron chi connectivity index (χ4n) is 1.86. The van der Waals surface area contributed by atoms with E-state index in [1.165, 1.54) is 0 Å². The van der Waals surface area contributed by atoms with Crippen LogP contribution in [0.15, 0.2) is 12.1 Å². The van der Waals surface area contributed by atoms with Gasteiger partial charge in [0, 0.05) is 0 Å². The largest absolute Gasteiger partial charge is 0.496 e. The van der Waals surface area contributed by atoms with Gasteiger partial charge in [-0.25, -0.2) is 0 Å². The number of hydrogen-bond acceptors (Lipinski definition) is 3. The molecular formula is C14H21NO2. The molecule has 94 valence electrons. The average molecular weight is 235 g/mol. The fourth-order valence-corrected chi connectivity index (χ4v) is 1.86. The zero-order chi connectivity index (χ0) is 13.0. The normalized spacial score (nSPS) is 12.3. The molecule has 3 heteroatoms. The molecule has 1 aromatic rings. The molecule has 1 rings (SSSR count). The maximum absolute atomic E-state index is 12.3. The van der Waals surface area contributed by atoms with Crippen LogP contribution in [0, 0.1) is 13.8 Å². The van der Waals surface area contributed by atoms with Crippen LogP contribution in [0.5, 0.6) is 5.75 Å². The van der Waals surface area contributed by atoms with E-state index in [1.54, 1.807) is 14.2 Å². The van der Waals surface area contributed by atoms with Gasteiger partial charge in [-0.2, -0.15) is 0 Å². The van der Waals surface area contributed by atoms with Crippen LogP contribution in [0.25, 0.3) is 0 Å². The first-order valence-electron chi connectivity index (χ1n) is 5.91. The maximum Gasteiger partial charge on any atom is 0.183 e. The quantitative estimate of drug-likeness (QED) is 0.797. The lowest BCUT2D eigenvalue weighted by Gasteiger charge is -2.16. The van der Waals surface area contributed by atoms with Crippen molar-refractivity contribution < 1.29 is 9.53 Å². The van der Waals surface area contributed by atoms with Gasteiger partial charge in [0.15, 0.2) is 5.78 Å². The second-order valence-corrected chi connectivity index (χ2v) is 4.25. The molecule has 0 aromatic heterocycles. The predicted molar refractivity (Wildman–Crippen MR) is 69.9 cm³/mol. The van der Waals surface area contributed by atoms with E-state index in [1.807, 2.05) is 32.9 Å². The molecule has 17 heavy (non-hydrogen) atoms. The third-order valence-electron chi connectivity index (χ3n) is 3.15. The summed E-state index contributed by atoms with van der Waals surface area (Å²) in [6.45, 7) is 6.01. The lowest BCUT2D eigenvalue weighted by molar-refractivity contribution is 0.0942. The van der Waals surface area contributed by atoms with Crippen molar-refractivity contribution in [2.45, 2.75) is 33.2 Å². The van der Waals surface area contributed by atoms with Gasteiger partial charge in [-0.3, -0.25) is 4.79 Å². The minimum Gasteiger partial charge on any atom is -0.496 e. The summed E-state index contributed by atoms with van der Waals surface area (Å²) < 4.78 is 5.29. The molecule has 0 radical (unpaired) electrons. The number of carbonyl (C=O) groups excluding carboxylic acids is 1. The first-order chi connectivity index (χ1) is 8.04. The molecule has 0 aliphatic heterocycles. The lowest BCUT2D eigenvalue weighted by Crippen LogP contribution is -2.33. The number of likely N-dealkylation sites (N-methyl/N-ethyl adjacent to an activating group) is 1. The molecule has 0 amide bonds. The van der Waals surface area contributed by atoms with Crippen LogP contribution in [0.2, 0.25) is 0 Å². The number of nitrogens with one attached hydrogen (secondary N) is 1. The molecule has 1 atom stereocenters. The third-order valence-corrected chi connectivity index (χ3v) is 3.15. The summed E-state index contributed by atoms with van der Waals surface area (Å²) in [6, 6.07) is 3.69. The van der Waals surface area contributed by atoms with Crippen molar-refractivity contribution in [2.24, 2.45) is 0 Å². The summed E-state index contributed by atoms with van der Waals surface area (Å²) in [5, 5.41) is 3.03. The van der Waals surface area contributed by atoms with Gasteiger partial charge < -0.3 is 10.1 Å². The van der Waals surface area contributed by atoms with Crippen LogP contribution in [0.3, 0.4) is 0 Å². The van der Waals surface area contributed by atoms with E-state index < -0.39 is 0 Å².